The molecular weight excluding hydrogens is 286 g/mol. The number of aryl methyl sites for hydroxylation is 2. The third-order valence-corrected chi connectivity index (χ3v) is 3.67. The lowest BCUT2D eigenvalue weighted by Gasteiger charge is -2.07. The molecule has 0 bridgehead atoms. The summed E-state index contributed by atoms with van der Waals surface area (Å²) in [6.07, 6.45) is 1.64. The summed E-state index contributed by atoms with van der Waals surface area (Å²) in [6, 6.07) is 5.11. The van der Waals surface area contributed by atoms with Crippen LogP contribution in [0.5, 0.6) is 0 Å². The molecule has 0 saturated carbocycles. The number of hydrogen-bond acceptors (Lipinski definition) is 5. The summed E-state index contributed by atoms with van der Waals surface area (Å²) >= 11 is 1.36. The predicted molar refractivity (Wildman–Crippen MR) is 83.8 cm³/mol. The van der Waals surface area contributed by atoms with Crippen LogP contribution in [0.3, 0.4) is 0 Å². The van der Waals surface area contributed by atoms with Gasteiger partial charge in [-0.2, -0.15) is 0 Å². The second-order valence-electron chi connectivity index (χ2n) is 4.51. The van der Waals surface area contributed by atoms with Crippen LogP contribution in [0, 0.1) is 13.8 Å². The van der Waals surface area contributed by atoms with Gasteiger partial charge in [0.1, 0.15) is 0 Å². The molecule has 6 nitrogen and oxygen atoms in total. The SMILES string of the molecule is Cc1nc2ccc(NC(=O)Nc3nccs3)cc2nc1C. The van der Waals surface area contributed by atoms with Crippen molar-refractivity contribution < 1.29 is 4.79 Å². The highest BCUT2D eigenvalue weighted by atomic mass is 32.1. The molecule has 0 spiro atoms. The molecule has 3 aromatic rings. The lowest BCUT2D eigenvalue weighted by Crippen LogP contribution is -2.19. The number of nitrogens with one attached hydrogen (secondary N) is 2. The monoisotopic (exact) mass is 299 g/mol. The first kappa shape index (κ1) is 13.4. The Balaban J connectivity index is 1.81. The van der Waals surface area contributed by atoms with Crippen molar-refractivity contribution in [3.05, 3.63) is 41.2 Å². The Hall–Kier alpha value is -2.54. The van der Waals surface area contributed by atoms with E-state index >= 15 is 0 Å². The Morgan fingerprint density at radius 2 is 1.86 bits per heavy atom. The van der Waals surface area contributed by atoms with Gasteiger partial charge in [0.25, 0.3) is 0 Å². The van der Waals surface area contributed by atoms with Crippen LogP contribution < -0.4 is 10.6 Å². The third-order valence-electron chi connectivity index (χ3n) is 2.99. The minimum atomic E-state index is -0.332. The van der Waals surface area contributed by atoms with Crippen molar-refractivity contribution in [1.82, 2.24) is 15.0 Å². The van der Waals surface area contributed by atoms with Crippen LogP contribution in [0.4, 0.5) is 15.6 Å². The van der Waals surface area contributed by atoms with Crippen LogP contribution in [0.2, 0.25) is 0 Å². The number of anilines is 2. The summed E-state index contributed by atoms with van der Waals surface area (Å²) in [5.74, 6) is 0. The first-order chi connectivity index (χ1) is 10.1. The van der Waals surface area contributed by atoms with Crippen LogP contribution in [0.15, 0.2) is 29.8 Å². The zero-order valence-electron chi connectivity index (χ0n) is 11.5. The molecule has 3 rings (SSSR count). The number of rotatable bonds is 2. The first-order valence-electron chi connectivity index (χ1n) is 6.34. The molecule has 2 amide bonds. The maximum absolute atomic E-state index is 11.8. The van der Waals surface area contributed by atoms with Crippen molar-refractivity contribution in [1.29, 1.82) is 0 Å². The van der Waals surface area contributed by atoms with E-state index in [4.69, 9.17) is 0 Å². The minimum absolute atomic E-state index is 0.332. The molecule has 0 atom stereocenters. The van der Waals surface area contributed by atoms with Gasteiger partial charge < -0.3 is 5.32 Å². The zero-order chi connectivity index (χ0) is 14.8. The molecule has 21 heavy (non-hydrogen) atoms. The molecule has 0 aliphatic rings. The van der Waals surface area contributed by atoms with Crippen molar-refractivity contribution in [3.63, 3.8) is 0 Å². The highest BCUT2D eigenvalue weighted by Crippen LogP contribution is 2.18. The molecule has 0 aliphatic carbocycles. The van der Waals surface area contributed by atoms with Gasteiger partial charge in [-0.3, -0.25) is 5.32 Å². The quantitative estimate of drug-likeness (QED) is 0.760. The third kappa shape index (κ3) is 2.97. The molecule has 1 aromatic carbocycles. The van der Waals surface area contributed by atoms with Gasteiger partial charge in [0.15, 0.2) is 5.13 Å². The van der Waals surface area contributed by atoms with Gasteiger partial charge >= 0.3 is 6.03 Å². The molecular formula is C14H13N5OS. The number of thiazole rings is 1. The lowest BCUT2D eigenvalue weighted by molar-refractivity contribution is 0.262. The molecule has 106 valence electrons. The van der Waals surface area contributed by atoms with E-state index in [1.165, 1.54) is 11.3 Å². The van der Waals surface area contributed by atoms with E-state index in [9.17, 15) is 4.79 Å². The van der Waals surface area contributed by atoms with E-state index in [2.05, 4.69) is 25.6 Å². The number of benzene rings is 1. The van der Waals surface area contributed by atoms with E-state index in [0.717, 1.165) is 22.4 Å². The molecule has 0 fully saturated rings. The van der Waals surface area contributed by atoms with Crippen LogP contribution in [-0.2, 0) is 0 Å². The summed E-state index contributed by atoms with van der Waals surface area (Å²) in [5, 5.41) is 7.77. The maximum atomic E-state index is 11.8. The van der Waals surface area contributed by atoms with Gasteiger partial charge in [0, 0.05) is 17.3 Å². The number of nitrogens with zero attached hydrogens (tertiary/aromatic N) is 3. The summed E-state index contributed by atoms with van der Waals surface area (Å²) in [4.78, 5) is 24.8. The highest BCUT2D eigenvalue weighted by molar-refractivity contribution is 7.13. The van der Waals surface area contributed by atoms with Crippen molar-refractivity contribution in [2.45, 2.75) is 13.8 Å². The van der Waals surface area contributed by atoms with Gasteiger partial charge in [-0.05, 0) is 32.0 Å². The Bertz CT molecular complexity index is 800. The van der Waals surface area contributed by atoms with Crippen LogP contribution in [-0.4, -0.2) is 21.0 Å². The standard InChI is InChI=1S/C14H13N5OS/c1-8-9(2)17-12-7-10(3-4-11(12)16-8)18-13(20)19-14-15-5-6-21-14/h3-7H,1-2H3,(H2,15,18,19,20). The number of aromatic nitrogens is 3. The molecule has 0 radical (unpaired) electrons. The van der Waals surface area contributed by atoms with E-state index in [-0.39, 0.29) is 6.03 Å². The smallest absolute Gasteiger partial charge is 0.308 e. The number of fused-ring (bicyclic) bond motifs is 1. The van der Waals surface area contributed by atoms with Gasteiger partial charge in [-0.25, -0.2) is 19.7 Å². The number of urea groups is 1. The number of carbonyl (C=O) groups excluding carboxylic acids is 1. The van der Waals surface area contributed by atoms with E-state index in [0.29, 0.717) is 10.8 Å². The van der Waals surface area contributed by atoms with Crippen LogP contribution in [0.25, 0.3) is 11.0 Å². The van der Waals surface area contributed by atoms with Gasteiger partial charge in [0.2, 0.25) is 0 Å². The molecule has 2 heterocycles. The number of carbonyl (C=O) groups is 1. The normalized spacial score (nSPS) is 10.6. The van der Waals surface area contributed by atoms with Crippen LogP contribution in [0.1, 0.15) is 11.4 Å². The summed E-state index contributed by atoms with van der Waals surface area (Å²) in [6.45, 7) is 3.84. The summed E-state index contributed by atoms with van der Waals surface area (Å²) < 4.78 is 0. The maximum Gasteiger partial charge on any atom is 0.325 e. The molecule has 0 aliphatic heterocycles. The van der Waals surface area contributed by atoms with Crippen molar-refractivity contribution in [2.24, 2.45) is 0 Å². The van der Waals surface area contributed by atoms with Crippen molar-refractivity contribution >= 4 is 39.2 Å². The minimum Gasteiger partial charge on any atom is -0.308 e. The molecule has 2 aromatic heterocycles. The molecule has 2 N–H and O–H groups in total. The molecule has 0 unspecified atom stereocenters. The second kappa shape index (κ2) is 5.45. The largest absolute Gasteiger partial charge is 0.325 e. The van der Waals surface area contributed by atoms with E-state index in [1.807, 2.05) is 19.9 Å². The average Bonchev–Trinajstić information content (AvgIpc) is 2.93. The fourth-order valence-corrected chi connectivity index (χ4v) is 2.38. The average molecular weight is 299 g/mol. The van der Waals surface area contributed by atoms with E-state index in [1.54, 1.807) is 23.7 Å². The van der Waals surface area contributed by atoms with E-state index < -0.39 is 0 Å². The van der Waals surface area contributed by atoms with Crippen LogP contribution >= 0.6 is 11.3 Å². The van der Waals surface area contributed by atoms with Crippen molar-refractivity contribution in [2.75, 3.05) is 10.6 Å². The molecule has 0 saturated heterocycles. The Kier molecular flexibility index (Phi) is 3.49. The second-order valence-corrected chi connectivity index (χ2v) is 5.41. The Labute approximate surface area is 125 Å². The van der Waals surface area contributed by atoms with Gasteiger partial charge in [0.05, 0.1) is 22.4 Å². The summed E-state index contributed by atoms with van der Waals surface area (Å²) in [7, 11) is 0. The fourth-order valence-electron chi connectivity index (χ4n) is 1.85. The number of hydrogen-bond donors (Lipinski definition) is 2. The zero-order valence-corrected chi connectivity index (χ0v) is 12.4. The fraction of sp³-hybridized carbons (Fsp3) is 0.143. The van der Waals surface area contributed by atoms with Gasteiger partial charge in [-0.1, -0.05) is 0 Å². The summed E-state index contributed by atoms with van der Waals surface area (Å²) in [5.41, 5.74) is 4.01. The van der Waals surface area contributed by atoms with Gasteiger partial charge in [-0.15, -0.1) is 11.3 Å². The Morgan fingerprint density at radius 3 is 2.57 bits per heavy atom. The highest BCUT2D eigenvalue weighted by Gasteiger charge is 2.06. The number of amides is 2. The first-order valence-corrected chi connectivity index (χ1v) is 7.22. The lowest BCUT2D eigenvalue weighted by atomic mass is 10.2. The topological polar surface area (TPSA) is 79.8 Å². The molecule has 7 heteroatoms. The van der Waals surface area contributed by atoms with Crippen molar-refractivity contribution in [3.8, 4) is 0 Å². The predicted octanol–water partition coefficient (Wildman–Crippen LogP) is 3.35. The Morgan fingerprint density at radius 1 is 1.10 bits per heavy atom.